The topological polar surface area (TPSA) is 57.8 Å². The monoisotopic (exact) mass is 305 g/mol. The van der Waals surface area contributed by atoms with Crippen LogP contribution >= 0.6 is 15.9 Å². The van der Waals surface area contributed by atoms with Crippen molar-refractivity contribution in [1.82, 2.24) is 15.5 Å². The first-order valence-corrected chi connectivity index (χ1v) is 6.18. The molecule has 0 bridgehead atoms. The average molecular weight is 306 g/mol. The Morgan fingerprint density at radius 2 is 2.11 bits per heavy atom. The first-order chi connectivity index (χ1) is 8.66. The zero-order valence-corrected chi connectivity index (χ0v) is 11.2. The molecule has 0 radical (unpaired) electrons. The van der Waals surface area contributed by atoms with Crippen LogP contribution in [0.2, 0.25) is 0 Å². The number of nitrogens with one attached hydrogen (secondary N) is 2. The van der Waals surface area contributed by atoms with Crippen LogP contribution in [0.3, 0.4) is 0 Å². The third-order valence-corrected chi connectivity index (χ3v) is 2.61. The number of aromatic amines is 1. The van der Waals surface area contributed by atoms with E-state index in [0.717, 1.165) is 15.7 Å². The molecule has 1 amide bonds. The van der Waals surface area contributed by atoms with Crippen molar-refractivity contribution in [2.75, 3.05) is 6.54 Å². The Labute approximate surface area is 113 Å². The fourth-order valence-corrected chi connectivity index (χ4v) is 1.61. The van der Waals surface area contributed by atoms with Gasteiger partial charge in [-0.3, -0.25) is 9.89 Å². The number of benzene rings is 1. The number of carbonyl (C=O) groups is 1. The third kappa shape index (κ3) is 3.07. The van der Waals surface area contributed by atoms with Crippen LogP contribution in [0, 0.1) is 0 Å². The van der Waals surface area contributed by atoms with Crippen LogP contribution in [-0.4, -0.2) is 22.6 Å². The smallest absolute Gasteiger partial charge is 0.269 e. The summed E-state index contributed by atoms with van der Waals surface area (Å²) in [4.78, 5) is 11.7. The summed E-state index contributed by atoms with van der Waals surface area (Å²) < 4.78 is 0.721. The Morgan fingerprint density at radius 1 is 1.39 bits per heavy atom. The predicted molar refractivity (Wildman–Crippen MR) is 74.4 cm³/mol. The van der Waals surface area contributed by atoms with Crippen LogP contribution in [0.5, 0.6) is 0 Å². The maximum atomic E-state index is 11.7. The molecule has 4 nitrogen and oxygen atoms in total. The molecule has 0 aliphatic rings. The number of amides is 1. The van der Waals surface area contributed by atoms with Gasteiger partial charge in [0.05, 0.1) is 5.69 Å². The molecule has 2 aromatic rings. The molecular formula is C13H12BrN3O. The zero-order valence-electron chi connectivity index (χ0n) is 9.61. The predicted octanol–water partition coefficient (Wildman–Crippen LogP) is 2.72. The highest BCUT2D eigenvalue weighted by atomic mass is 79.9. The van der Waals surface area contributed by atoms with Gasteiger partial charge in [-0.05, 0) is 6.07 Å². The molecule has 92 valence electrons. The van der Waals surface area contributed by atoms with Crippen molar-refractivity contribution in [3.63, 3.8) is 0 Å². The largest absolute Gasteiger partial charge is 0.346 e. The van der Waals surface area contributed by atoms with E-state index in [0.29, 0.717) is 12.2 Å². The molecule has 0 saturated carbocycles. The quantitative estimate of drug-likeness (QED) is 0.912. The minimum absolute atomic E-state index is 0.203. The van der Waals surface area contributed by atoms with E-state index in [2.05, 4.69) is 38.0 Å². The summed E-state index contributed by atoms with van der Waals surface area (Å²) in [5, 5.41) is 9.54. The van der Waals surface area contributed by atoms with Gasteiger partial charge < -0.3 is 5.32 Å². The van der Waals surface area contributed by atoms with Gasteiger partial charge in [0.1, 0.15) is 5.69 Å². The highest BCUT2D eigenvalue weighted by Crippen LogP contribution is 2.16. The summed E-state index contributed by atoms with van der Waals surface area (Å²) >= 11 is 3.18. The van der Waals surface area contributed by atoms with Gasteiger partial charge in [0, 0.05) is 16.6 Å². The fraction of sp³-hybridized carbons (Fsp3) is 0.0769. The molecule has 0 spiro atoms. The van der Waals surface area contributed by atoms with E-state index < -0.39 is 0 Å². The summed E-state index contributed by atoms with van der Waals surface area (Å²) in [6.45, 7) is 4.04. The van der Waals surface area contributed by atoms with Crippen LogP contribution in [0.15, 0.2) is 47.5 Å². The van der Waals surface area contributed by atoms with Gasteiger partial charge in [0.15, 0.2) is 0 Å². The second-order valence-corrected chi connectivity index (χ2v) is 4.85. The molecule has 1 heterocycles. The normalized spacial score (nSPS) is 10.1. The SMILES string of the molecule is C=C(Br)CNC(=O)c1cc(-c2ccccc2)n[nH]1. The van der Waals surface area contributed by atoms with Gasteiger partial charge in [0.2, 0.25) is 0 Å². The number of rotatable bonds is 4. The molecule has 0 saturated heterocycles. The Morgan fingerprint density at radius 3 is 2.78 bits per heavy atom. The van der Waals surface area contributed by atoms with Crippen LogP contribution < -0.4 is 5.32 Å². The molecule has 2 rings (SSSR count). The Bertz CT molecular complexity index is 563. The molecule has 0 fully saturated rings. The van der Waals surface area contributed by atoms with Crippen LogP contribution in [0.1, 0.15) is 10.5 Å². The number of hydrogen-bond acceptors (Lipinski definition) is 2. The average Bonchev–Trinajstić information content (AvgIpc) is 2.86. The molecule has 0 aliphatic heterocycles. The first-order valence-electron chi connectivity index (χ1n) is 5.39. The van der Waals surface area contributed by atoms with E-state index in [-0.39, 0.29) is 5.91 Å². The van der Waals surface area contributed by atoms with Crippen molar-refractivity contribution in [2.24, 2.45) is 0 Å². The van der Waals surface area contributed by atoms with Gasteiger partial charge in [0.25, 0.3) is 5.91 Å². The Balaban J connectivity index is 2.11. The second kappa shape index (κ2) is 5.64. The number of nitrogens with zero attached hydrogens (tertiary/aromatic N) is 1. The van der Waals surface area contributed by atoms with E-state index in [1.807, 2.05) is 30.3 Å². The standard InChI is InChI=1S/C13H12BrN3O/c1-9(14)8-15-13(18)12-7-11(16-17-12)10-5-3-2-4-6-10/h2-7H,1,8H2,(H,15,18)(H,16,17). The lowest BCUT2D eigenvalue weighted by molar-refractivity contribution is 0.0953. The molecule has 5 heteroatoms. The summed E-state index contributed by atoms with van der Waals surface area (Å²) in [6.07, 6.45) is 0. The zero-order chi connectivity index (χ0) is 13.0. The minimum Gasteiger partial charge on any atom is -0.346 e. The number of carbonyl (C=O) groups excluding carboxylic acids is 1. The lowest BCUT2D eigenvalue weighted by Crippen LogP contribution is -2.24. The van der Waals surface area contributed by atoms with Crippen molar-refractivity contribution < 1.29 is 4.79 Å². The summed E-state index contributed by atoms with van der Waals surface area (Å²) in [5.41, 5.74) is 2.15. The molecule has 18 heavy (non-hydrogen) atoms. The molecule has 2 N–H and O–H groups in total. The van der Waals surface area contributed by atoms with Gasteiger partial charge in [-0.25, -0.2) is 0 Å². The van der Waals surface area contributed by atoms with Crippen molar-refractivity contribution in [3.05, 3.63) is 53.2 Å². The lowest BCUT2D eigenvalue weighted by Gasteiger charge is -2.00. The number of halogens is 1. The molecule has 0 aliphatic carbocycles. The van der Waals surface area contributed by atoms with Crippen LogP contribution in [0.25, 0.3) is 11.3 Å². The van der Waals surface area contributed by atoms with Gasteiger partial charge >= 0.3 is 0 Å². The lowest BCUT2D eigenvalue weighted by atomic mass is 10.1. The van der Waals surface area contributed by atoms with E-state index in [4.69, 9.17) is 0 Å². The summed E-state index contributed by atoms with van der Waals surface area (Å²) in [6, 6.07) is 11.4. The number of H-pyrrole nitrogens is 1. The number of hydrogen-bond donors (Lipinski definition) is 2. The van der Waals surface area contributed by atoms with Gasteiger partial charge in [-0.1, -0.05) is 52.8 Å². The van der Waals surface area contributed by atoms with E-state index >= 15 is 0 Å². The maximum absolute atomic E-state index is 11.7. The van der Waals surface area contributed by atoms with Crippen molar-refractivity contribution in [3.8, 4) is 11.3 Å². The third-order valence-electron chi connectivity index (χ3n) is 2.33. The van der Waals surface area contributed by atoms with E-state index in [1.54, 1.807) is 6.07 Å². The first kappa shape index (κ1) is 12.6. The molecule has 0 unspecified atom stereocenters. The van der Waals surface area contributed by atoms with E-state index in [9.17, 15) is 4.79 Å². The van der Waals surface area contributed by atoms with E-state index in [1.165, 1.54) is 0 Å². The Kier molecular flexibility index (Phi) is 3.94. The van der Waals surface area contributed by atoms with Gasteiger partial charge in [-0.2, -0.15) is 5.10 Å². The minimum atomic E-state index is -0.203. The molecule has 1 aromatic heterocycles. The molecular weight excluding hydrogens is 294 g/mol. The Hall–Kier alpha value is -1.88. The number of aromatic nitrogens is 2. The highest BCUT2D eigenvalue weighted by Gasteiger charge is 2.10. The van der Waals surface area contributed by atoms with Crippen molar-refractivity contribution >= 4 is 21.8 Å². The molecule has 0 atom stereocenters. The summed E-state index contributed by atoms with van der Waals surface area (Å²) in [7, 11) is 0. The van der Waals surface area contributed by atoms with Crippen molar-refractivity contribution in [2.45, 2.75) is 0 Å². The van der Waals surface area contributed by atoms with Crippen molar-refractivity contribution in [1.29, 1.82) is 0 Å². The summed E-state index contributed by atoms with van der Waals surface area (Å²) in [5.74, 6) is -0.203. The fourth-order valence-electron chi connectivity index (χ4n) is 1.47. The molecule has 1 aromatic carbocycles. The van der Waals surface area contributed by atoms with Crippen LogP contribution in [0.4, 0.5) is 0 Å². The van der Waals surface area contributed by atoms with Gasteiger partial charge in [-0.15, -0.1) is 0 Å². The highest BCUT2D eigenvalue weighted by molar-refractivity contribution is 9.11. The second-order valence-electron chi connectivity index (χ2n) is 3.73. The maximum Gasteiger partial charge on any atom is 0.269 e. The van der Waals surface area contributed by atoms with Crippen LogP contribution in [-0.2, 0) is 0 Å².